The molecule has 0 aliphatic carbocycles. The number of carbonyl (C=O) groups excluding carboxylic acids is 2. The fourth-order valence-electron chi connectivity index (χ4n) is 3.54. The molecule has 2 N–H and O–H groups in total. The Morgan fingerprint density at radius 2 is 2.20 bits per heavy atom. The van der Waals surface area contributed by atoms with Gasteiger partial charge in [-0.3, -0.25) is 14.2 Å². The van der Waals surface area contributed by atoms with Gasteiger partial charge in [0.1, 0.15) is 5.75 Å². The number of hydrogen-bond acceptors (Lipinski definition) is 7. The molecule has 0 spiro atoms. The van der Waals surface area contributed by atoms with Gasteiger partial charge in [-0.25, -0.2) is 9.89 Å². The first-order valence-electron chi connectivity index (χ1n) is 9.74. The molecule has 160 valence electrons. The highest BCUT2D eigenvalue weighted by molar-refractivity contribution is 7.99. The molecular formula is C19H23N5O5S. The molecule has 2 unspecified atom stereocenters. The molecule has 1 aromatic carbocycles. The summed E-state index contributed by atoms with van der Waals surface area (Å²) in [5.41, 5.74) is 0.291. The van der Waals surface area contributed by atoms with Crippen LogP contribution in [0.15, 0.2) is 34.2 Å². The van der Waals surface area contributed by atoms with Crippen LogP contribution in [0.5, 0.6) is 5.75 Å². The minimum absolute atomic E-state index is 0.0187. The van der Waals surface area contributed by atoms with Crippen molar-refractivity contribution >= 4 is 29.3 Å². The van der Waals surface area contributed by atoms with Gasteiger partial charge >= 0.3 is 5.69 Å². The Morgan fingerprint density at radius 3 is 2.97 bits per heavy atom. The van der Waals surface area contributed by atoms with Crippen LogP contribution in [0.4, 0.5) is 5.69 Å². The quantitative estimate of drug-likeness (QED) is 0.633. The molecule has 1 aromatic heterocycles. The van der Waals surface area contributed by atoms with Crippen LogP contribution in [0.25, 0.3) is 0 Å². The second-order valence-electron chi connectivity index (χ2n) is 7.04. The van der Waals surface area contributed by atoms with E-state index in [1.165, 1.54) is 23.4 Å². The van der Waals surface area contributed by atoms with E-state index in [9.17, 15) is 14.4 Å². The van der Waals surface area contributed by atoms with E-state index < -0.39 is 6.10 Å². The van der Waals surface area contributed by atoms with Crippen LogP contribution >= 0.6 is 11.8 Å². The van der Waals surface area contributed by atoms with Gasteiger partial charge in [-0.1, -0.05) is 23.9 Å². The van der Waals surface area contributed by atoms with Gasteiger partial charge in [-0.2, -0.15) is 0 Å². The Hall–Kier alpha value is -2.79. The first-order valence-corrected chi connectivity index (χ1v) is 10.7. The van der Waals surface area contributed by atoms with Crippen LogP contribution in [-0.2, 0) is 20.9 Å². The summed E-state index contributed by atoms with van der Waals surface area (Å²) in [5.74, 6) is 0.0344. The number of benzene rings is 1. The summed E-state index contributed by atoms with van der Waals surface area (Å²) >= 11 is 1.18. The summed E-state index contributed by atoms with van der Waals surface area (Å²) in [6, 6.07) is 7.10. The molecular weight excluding hydrogens is 410 g/mol. The van der Waals surface area contributed by atoms with Crippen molar-refractivity contribution in [2.24, 2.45) is 0 Å². The zero-order chi connectivity index (χ0) is 21.1. The number of anilines is 1. The zero-order valence-electron chi connectivity index (χ0n) is 16.5. The van der Waals surface area contributed by atoms with Crippen LogP contribution in [0, 0.1) is 0 Å². The van der Waals surface area contributed by atoms with E-state index in [4.69, 9.17) is 9.47 Å². The number of para-hydroxylation sites is 2. The molecule has 3 heterocycles. The first kappa shape index (κ1) is 20.5. The monoisotopic (exact) mass is 433 g/mol. The van der Waals surface area contributed by atoms with Gasteiger partial charge < -0.3 is 19.7 Å². The molecule has 2 aliphatic rings. The topological polar surface area (TPSA) is 119 Å². The molecule has 10 nitrogen and oxygen atoms in total. The number of likely N-dealkylation sites (N-methyl/N-ethyl adjacent to an activating group) is 1. The number of H-pyrrole nitrogens is 1. The van der Waals surface area contributed by atoms with Gasteiger partial charge in [0.2, 0.25) is 5.91 Å². The van der Waals surface area contributed by atoms with Crippen molar-refractivity contribution in [1.29, 1.82) is 0 Å². The maximum Gasteiger partial charge on any atom is 0.344 e. The molecule has 1 fully saturated rings. The number of nitrogens with one attached hydrogen (secondary N) is 2. The number of fused-ring (bicyclic) bond motifs is 1. The molecule has 2 atom stereocenters. The first-order chi connectivity index (χ1) is 14.6. The van der Waals surface area contributed by atoms with E-state index in [2.05, 4.69) is 15.5 Å². The average Bonchev–Trinajstić information content (AvgIpc) is 3.41. The zero-order valence-corrected chi connectivity index (χ0v) is 17.3. The molecule has 0 saturated carbocycles. The summed E-state index contributed by atoms with van der Waals surface area (Å²) in [6.07, 6.45) is 1.06. The minimum atomic E-state index is -0.790. The third-order valence-corrected chi connectivity index (χ3v) is 6.03. The van der Waals surface area contributed by atoms with Crippen molar-refractivity contribution in [3.63, 3.8) is 0 Å². The van der Waals surface area contributed by atoms with E-state index >= 15 is 0 Å². The normalized spacial score (nSPS) is 20.5. The highest BCUT2D eigenvalue weighted by atomic mass is 32.2. The van der Waals surface area contributed by atoms with Crippen LogP contribution in [-0.4, -0.2) is 64.7 Å². The molecule has 2 aliphatic heterocycles. The van der Waals surface area contributed by atoms with Gasteiger partial charge in [-0.15, -0.1) is 5.10 Å². The summed E-state index contributed by atoms with van der Waals surface area (Å²) in [7, 11) is 1.53. The number of amides is 2. The number of aromatic nitrogens is 3. The molecule has 1 saturated heterocycles. The van der Waals surface area contributed by atoms with Crippen molar-refractivity contribution in [1.82, 2.24) is 20.1 Å². The lowest BCUT2D eigenvalue weighted by Gasteiger charge is -2.33. The Labute approximate surface area is 176 Å². The largest absolute Gasteiger partial charge is 0.477 e. The molecule has 30 heavy (non-hydrogen) atoms. The number of thioether (sulfide) groups is 1. The second-order valence-corrected chi connectivity index (χ2v) is 7.98. The summed E-state index contributed by atoms with van der Waals surface area (Å²) in [5, 5.41) is 9.49. The fraction of sp³-hybridized carbons (Fsp3) is 0.474. The third-order valence-electron chi connectivity index (χ3n) is 5.07. The van der Waals surface area contributed by atoms with E-state index in [0.717, 1.165) is 12.8 Å². The molecule has 2 aromatic rings. The number of carbonyl (C=O) groups is 2. The van der Waals surface area contributed by atoms with Gasteiger partial charge in [0.25, 0.3) is 5.91 Å². The maximum atomic E-state index is 13.0. The molecule has 0 bridgehead atoms. The standard InChI is InChI=1S/C19H23N5O5S/c1-20-17(26)15-10-23(13-6-2-3-7-14(13)29-15)16(25)11-30-19-22-21-18(27)24(19)9-12-5-4-8-28-12/h2-3,6-7,12,15H,4-5,8-11H2,1H3,(H,20,26)(H,21,27). The predicted octanol–water partition coefficient (Wildman–Crippen LogP) is 0.383. The fourth-order valence-corrected chi connectivity index (χ4v) is 4.37. The van der Waals surface area contributed by atoms with Gasteiger partial charge in [0, 0.05) is 13.7 Å². The lowest BCUT2D eigenvalue weighted by Crippen LogP contribution is -2.50. The smallest absolute Gasteiger partial charge is 0.344 e. The lowest BCUT2D eigenvalue weighted by molar-refractivity contribution is -0.127. The maximum absolute atomic E-state index is 13.0. The van der Waals surface area contributed by atoms with Crippen molar-refractivity contribution in [2.45, 2.75) is 36.8 Å². The molecule has 11 heteroatoms. The van der Waals surface area contributed by atoms with Crippen molar-refractivity contribution in [3.8, 4) is 5.75 Å². The lowest BCUT2D eigenvalue weighted by atomic mass is 10.2. The average molecular weight is 433 g/mol. The van der Waals surface area contributed by atoms with Gasteiger partial charge in [-0.05, 0) is 25.0 Å². The van der Waals surface area contributed by atoms with E-state index in [1.54, 1.807) is 23.1 Å². The van der Waals surface area contributed by atoms with Gasteiger partial charge in [0.15, 0.2) is 11.3 Å². The summed E-state index contributed by atoms with van der Waals surface area (Å²) in [4.78, 5) is 38.8. The number of hydrogen-bond donors (Lipinski definition) is 2. The molecule has 2 amide bonds. The van der Waals surface area contributed by atoms with Crippen LogP contribution in [0.2, 0.25) is 0 Å². The number of aromatic amines is 1. The highest BCUT2D eigenvalue weighted by Crippen LogP contribution is 2.33. The number of nitrogens with zero attached hydrogens (tertiary/aromatic N) is 3. The predicted molar refractivity (Wildman–Crippen MR) is 110 cm³/mol. The minimum Gasteiger partial charge on any atom is -0.477 e. The number of rotatable bonds is 6. The Bertz CT molecular complexity index is 984. The third kappa shape index (κ3) is 4.21. The SMILES string of the molecule is CNC(=O)C1CN(C(=O)CSc2n[nH]c(=O)n2CC2CCCO2)c2ccccc2O1. The van der Waals surface area contributed by atoms with Crippen LogP contribution in [0.1, 0.15) is 12.8 Å². The summed E-state index contributed by atoms with van der Waals surface area (Å²) < 4.78 is 12.8. The summed E-state index contributed by atoms with van der Waals surface area (Å²) in [6.45, 7) is 1.21. The Morgan fingerprint density at radius 1 is 1.37 bits per heavy atom. The highest BCUT2D eigenvalue weighted by Gasteiger charge is 2.33. The van der Waals surface area contributed by atoms with Crippen molar-refractivity contribution in [2.75, 3.05) is 30.9 Å². The molecule has 4 rings (SSSR count). The van der Waals surface area contributed by atoms with E-state index in [-0.39, 0.29) is 35.9 Å². The van der Waals surface area contributed by atoms with E-state index in [0.29, 0.717) is 29.7 Å². The van der Waals surface area contributed by atoms with Gasteiger partial charge in [0.05, 0.1) is 30.6 Å². The van der Waals surface area contributed by atoms with Crippen LogP contribution < -0.4 is 20.6 Å². The van der Waals surface area contributed by atoms with E-state index in [1.807, 2.05) is 6.07 Å². The Balaban J connectivity index is 1.47. The Kier molecular flexibility index (Phi) is 6.09. The van der Waals surface area contributed by atoms with Crippen molar-refractivity contribution < 1.29 is 19.1 Å². The van der Waals surface area contributed by atoms with Crippen molar-refractivity contribution in [3.05, 3.63) is 34.7 Å². The second kappa shape index (κ2) is 8.92. The van der Waals surface area contributed by atoms with Crippen LogP contribution in [0.3, 0.4) is 0 Å². The molecule has 0 radical (unpaired) electrons. The number of ether oxygens (including phenoxy) is 2.